The van der Waals surface area contributed by atoms with Gasteiger partial charge >= 0.3 is 0 Å². The summed E-state index contributed by atoms with van der Waals surface area (Å²) in [6, 6.07) is 15.1. The van der Waals surface area contributed by atoms with E-state index in [-0.39, 0.29) is 12.5 Å². The van der Waals surface area contributed by atoms with E-state index in [1.165, 1.54) is 5.56 Å². The Bertz CT molecular complexity index is 720. The highest BCUT2D eigenvalue weighted by Gasteiger charge is 2.11. The van der Waals surface area contributed by atoms with E-state index in [4.69, 9.17) is 4.74 Å². The van der Waals surface area contributed by atoms with Gasteiger partial charge in [0.2, 0.25) is 5.91 Å². The minimum atomic E-state index is -0.781. The Morgan fingerprint density at radius 2 is 1.96 bits per heavy atom. The van der Waals surface area contributed by atoms with E-state index in [0.29, 0.717) is 16.9 Å². The van der Waals surface area contributed by atoms with Crippen LogP contribution in [0.4, 0.5) is 0 Å². The van der Waals surface area contributed by atoms with Crippen LogP contribution in [0.2, 0.25) is 0 Å². The fraction of sp³-hybridized carbons (Fsp3) is 0.250. The van der Waals surface area contributed by atoms with Gasteiger partial charge in [0.25, 0.3) is 0 Å². The monoisotopic (exact) mass is 325 g/mol. The number of amides is 1. The van der Waals surface area contributed by atoms with Crippen molar-refractivity contribution in [2.24, 2.45) is 0 Å². The molecule has 0 radical (unpaired) electrons. The third kappa shape index (κ3) is 4.96. The number of hydrogen-bond acceptors (Lipinski definition) is 3. The van der Waals surface area contributed by atoms with Crippen LogP contribution in [-0.4, -0.2) is 24.7 Å². The summed E-state index contributed by atoms with van der Waals surface area (Å²) in [6.45, 7) is 3.92. The number of aliphatic hydroxyl groups is 1. The van der Waals surface area contributed by atoms with E-state index in [9.17, 15) is 9.90 Å². The maximum Gasteiger partial charge on any atom is 0.247 e. The van der Waals surface area contributed by atoms with E-state index < -0.39 is 6.10 Å². The predicted molar refractivity (Wildman–Crippen MR) is 95.8 cm³/mol. The van der Waals surface area contributed by atoms with Crippen molar-refractivity contribution in [1.82, 2.24) is 5.32 Å². The molecule has 1 atom stereocenters. The zero-order valence-electron chi connectivity index (χ0n) is 14.2. The molecule has 24 heavy (non-hydrogen) atoms. The molecule has 0 spiro atoms. The quantitative estimate of drug-likeness (QED) is 0.802. The molecule has 2 aromatic carbocycles. The van der Waals surface area contributed by atoms with Gasteiger partial charge in [0, 0.05) is 12.1 Å². The molecule has 2 rings (SSSR count). The summed E-state index contributed by atoms with van der Waals surface area (Å²) in [7, 11) is 1.58. The molecule has 2 N–H and O–H groups in total. The van der Waals surface area contributed by atoms with Crippen LogP contribution in [0.25, 0.3) is 6.08 Å². The number of aryl methyl sites for hydroxylation is 1. The summed E-state index contributed by atoms with van der Waals surface area (Å²) in [5, 5.41) is 13.0. The van der Waals surface area contributed by atoms with Gasteiger partial charge < -0.3 is 15.2 Å². The Morgan fingerprint density at radius 3 is 2.62 bits per heavy atom. The van der Waals surface area contributed by atoms with Crippen LogP contribution < -0.4 is 10.1 Å². The summed E-state index contributed by atoms with van der Waals surface area (Å²) in [6.07, 6.45) is 1.04. The average Bonchev–Trinajstić information content (AvgIpc) is 2.61. The highest BCUT2D eigenvalue weighted by atomic mass is 16.5. The molecule has 4 nitrogen and oxygen atoms in total. The number of aliphatic hydroxyl groups excluding tert-OH is 1. The number of hydrogen-bond donors (Lipinski definition) is 2. The highest BCUT2D eigenvalue weighted by Crippen LogP contribution is 2.18. The van der Waals surface area contributed by atoms with Crippen LogP contribution in [0, 0.1) is 6.92 Å². The first-order valence-electron chi connectivity index (χ1n) is 7.85. The molecule has 2 aromatic rings. The van der Waals surface area contributed by atoms with Crippen LogP contribution >= 0.6 is 0 Å². The molecule has 0 aliphatic carbocycles. The predicted octanol–water partition coefficient (Wildman–Crippen LogP) is 3.26. The Kier molecular flexibility index (Phi) is 6.15. The van der Waals surface area contributed by atoms with Gasteiger partial charge in [0.1, 0.15) is 5.75 Å². The minimum Gasteiger partial charge on any atom is -0.497 e. The summed E-state index contributed by atoms with van der Waals surface area (Å²) in [5.41, 5.74) is 3.45. The van der Waals surface area contributed by atoms with Crippen LogP contribution in [0.3, 0.4) is 0 Å². The molecule has 0 saturated heterocycles. The Labute approximate surface area is 142 Å². The third-order valence-electron chi connectivity index (χ3n) is 3.75. The van der Waals surface area contributed by atoms with Crippen LogP contribution in [0.15, 0.2) is 54.1 Å². The van der Waals surface area contributed by atoms with Crippen molar-refractivity contribution in [3.63, 3.8) is 0 Å². The van der Waals surface area contributed by atoms with Crippen molar-refractivity contribution >= 4 is 12.0 Å². The molecule has 1 amide bonds. The van der Waals surface area contributed by atoms with Crippen molar-refractivity contribution in [2.45, 2.75) is 20.0 Å². The van der Waals surface area contributed by atoms with Crippen LogP contribution in [-0.2, 0) is 4.79 Å². The van der Waals surface area contributed by atoms with Crippen molar-refractivity contribution < 1.29 is 14.6 Å². The molecule has 1 unspecified atom stereocenters. The van der Waals surface area contributed by atoms with Gasteiger partial charge in [-0.25, -0.2) is 0 Å². The van der Waals surface area contributed by atoms with Gasteiger partial charge in [-0.2, -0.15) is 0 Å². The maximum atomic E-state index is 12.2. The first-order valence-corrected chi connectivity index (χ1v) is 7.85. The van der Waals surface area contributed by atoms with Crippen LogP contribution in [0.1, 0.15) is 29.7 Å². The zero-order valence-corrected chi connectivity index (χ0v) is 14.2. The van der Waals surface area contributed by atoms with E-state index in [2.05, 4.69) is 5.32 Å². The second-order valence-corrected chi connectivity index (χ2v) is 5.74. The summed E-state index contributed by atoms with van der Waals surface area (Å²) in [5.74, 6) is 0.478. The molecule has 0 fully saturated rings. The first-order chi connectivity index (χ1) is 11.5. The van der Waals surface area contributed by atoms with E-state index in [1.807, 2.05) is 49.4 Å². The van der Waals surface area contributed by atoms with Crippen molar-refractivity contribution in [3.05, 3.63) is 70.8 Å². The van der Waals surface area contributed by atoms with Gasteiger partial charge in [-0.1, -0.05) is 42.0 Å². The standard InChI is InChI=1S/C20H23NO3/c1-14-7-9-16(10-8-14)11-15(2)20(23)21-13-19(22)17-5-4-6-18(12-17)24-3/h4-12,19,22H,13H2,1-3H3,(H,21,23)/b15-11+. The largest absolute Gasteiger partial charge is 0.497 e. The third-order valence-corrected chi connectivity index (χ3v) is 3.75. The number of carbonyl (C=O) groups is 1. The Morgan fingerprint density at radius 1 is 1.25 bits per heavy atom. The van der Waals surface area contributed by atoms with Gasteiger partial charge in [-0.3, -0.25) is 4.79 Å². The maximum absolute atomic E-state index is 12.2. The number of ether oxygens (including phenoxy) is 1. The van der Waals surface area contributed by atoms with E-state index in [0.717, 1.165) is 5.56 Å². The number of nitrogens with one attached hydrogen (secondary N) is 1. The molecule has 0 bridgehead atoms. The SMILES string of the molecule is COc1cccc(C(O)CNC(=O)/C(C)=C/c2ccc(C)cc2)c1. The highest BCUT2D eigenvalue weighted by molar-refractivity contribution is 5.97. The number of benzene rings is 2. The summed E-state index contributed by atoms with van der Waals surface area (Å²) >= 11 is 0. The summed E-state index contributed by atoms with van der Waals surface area (Å²) < 4.78 is 5.14. The minimum absolute atomic E-state index is 0.144. The molecule has 0 aliphatic rings. The molecular weight excluding hydrogens is 302 g/mol. The second-order valence-electron chi connectivity index (χ2n) is 5.74. The molecule has 4 heteroatoms. The lowest BCUT2D eigenvalue weighted by molar-refractivity contribution is -0.117. The normalized spacial score (nSPS) is 12.6. The lowest BCUT2D eigenvalue weighted by atomic mass is 10.1. The Balaban J connectivity index is 1.95. The molecule has 0 saturated carbocycles. The number of carbonyl (C=O) groups excluding carboxylic acids is 1. The molecule has 126 valence electrons. The molecular formula is C20H23NO3. The first kappa shape index (κ1) is 17.8. The van der Waals surface area contributed by atoms with Crippen LogP contribution in [0.5, 0.6) is 5.75 Å². The van der Waals surface area contributed by atoms with Crippen molar-refractivity contribution in [2.75, 3.05) is 13.7 Å². The smallest absolute Gasteiger partial charge is 0.247 e. The van der Waals surface area contributed by atoms with E-state index in [1.54, 1.807) is 26.2 Å². The fourth-order valence-electron chi connectivity index (χ4n) is 2.27. The molecule has 0 aliphatic heterocycles. The topological polar surface area (TPSA) is 58.6 Å². The van der Waals surface area contributed by atoms with Crippen molar-refractivity contribution in [1.29, 1.82) is 0 Å². The zero-order chi connectivity index (χ0) is 17.5. The van der Waals surface area contributed by atoms with Crippen molar-refractivity contribution in [3.8, 4) is 5.75 Å². The van der Waals surface area contributed by atoms with E-state index >= 15 is 0 Å². The second kappa shape index (κ2) is 8.31. The average molecular weight is 325 g/mol. The molecule has 0 aromatic heterocycles. The number of rotatable bonds is 6. The number of methoxy groups -OCH3 is 1. The van der Waals surface area contributed by atoms with Gasteiger partial charge in [-0.05, 0) is 43.2 Å². The lowest BCUT2D eigenvalue weighted by Gasteiger charge is -2.13. The Hall–Kier alpha value is -2.59. The lowest BCUT2D eigenvalue weighted by Crippen LogP contribution is -2.28. The fourth-order valence-corrected chi connectivity index (χ4v) is 2.27. The van der Waals surface area contributed by atoms with Gasteiger partial charge in [-0.15, -0.1) is 0 Å². The van der Waals surface area contributed by atoms with Gasteiger partial charge in [0.05, 0.1) is 13.2 Å². The summed E-state index contributed by atoms with van der Waals surface area (Å²) in [4.78, 5) is 12.2. The van der Waals surface area contributed by atoms with Gasteiger partial charge in [0.15, 0.2) is 0 Å². The molecule has 0 heterocycles.